The Balaban J connectivity index is 1.49. The van der Waals surface area contributed by atoms with E-state index in [4.69, 9.17) is 9.47 Å². The van der Waals surface area contributed by atoms with E-state index in [0.717, 1.165) is 44.2 Å². The molecule has 2 aliphatic heterocycles. The van der Waals surface area contributed by atoms with E-state index in [2.05, 4.69) is 52.4 Å². The molecule has 162 valence electrons. The molecule has 2 heterocycles. The van der Waals surface area contributed by atoms with Gasteiger partial charge in [-0.15, -0.1) is 0 Å². The zero-order valence-electron chi connectivity index (χ0n) is 18.0. The molecule has 0 saturated heterocycles. The van der Waals surface area contributed by atoms with Crippen LogP contribution in [0.2, 0.25) is 0 Å². The number of aliphatic hydroxyl groups is 1. The monoisotopic (exact) mass is 411 g/mol. The SMILES string of the molecule is CCN1Cc2ccccc2OC1CN1Cc2ccccc2OC(CNC[C@H](C)O)C1. The van der Waals surface area contributed by atoms with Crippen LogP contribution in [0.5, 0.6) is 11.5 Å². The maximum absolute atomic E-state index is 9.56. The van der Waals surface area contributed by atoms with Gasteiger partial charge in [0.1, 0.15) is 17.6 Å². The fourth-order valence-electron chi connectivity index (χ4n) is 4.24. The first-order valence-corrected chi connectivity index (χ1v) is 11.0. The summed E-state index contributed by atoms with van der Waals surface area (Å²) >= 11 is 0. The van der Waals surface area contributed by atoms with Gasteiger partial charge in [0.05, 0.1) is 6.10 Å². The van der Waals surface area contributed by atoms with Gasteiger partial charge in [0.2, 0.25) is 0 Å². The van der Waals surface area contributed by atoms with Gasteiger partial charge >= 0.3 is 0 Å². The van der Waals surface area contributed by atoms with E-state index in [1.54, 1.807) is 6.92 Å². The molecule has 0 bridgehead atoms. The lowest BCUT2D eigenvalue weighted by Gasteiger charge is -2.39. The Morgan fingerprint density at radius 1 is 1.03 bits per heavy atom. The molecule has 4 rings (SSSR count). The Bertz CT molecular complexity index is 829. The number of fused-ring (bicyclic) bond motifs is 2. The second-order valence-corrected chi connectivity index (χ2v) is 8.29. The van der Waals surface area contributed by atoms with E-state index < -0.39 is 0 Å². The highest BCUT2D eigenvalue weighted by atomic mass is 16.5. The molecule has 0 radical (unpaired) electrons. The summed E-state index contributed by atoms with van der Waals surface area (Å²) < 4.78 is 12.7. The standard InChI is InChI=1S/C24H33N3O3/c1-3-27-15-20-9-5-7-11-23(20)30-24(27)17-26-14-19-8-4-6-10-22(19)29-21(16-26)13-25-12-18(2)28/h4-11,18,21,24-25,28H,3,12-17H2,1-2H3/t18-,21?,24?/m0/s1. The molecule has 0 amide bonds. The minimum absolute atomic E-state index is 0.0124. The predicted molar refractivity (Wildman–Crippen MR) is 118 cm³/mol. The Morgan fingerprint density at radius 2 is 1.70 bits per heavy atom. The molecule has 0 fully saturated rings. The molecule has 0 saturated carbocycles. The van der Waals surface area contributed by atoms with Crippen molar-refractivity contribution in [3.8, 4) is 11.5 Å². The predicted octanol–water partition coefficient (Wildman–Crippen LogP) is 2.46. The van der Waals surface area contributed by atoms with Crippen LogP contribution in [-0.2, 0) is 13.1 Å². The van der Waals surface area contributed by atoms with Crippen LogP contribution in [0.1, 0.15) is 25.0 Å². The normalized spacial score (nSPS) is 22.9. The lowest BCUT2D eigenvalue weighted by atomic mass is 10.1. The van der Waals surface area contributed by atoms with Crippen LogP contribution in [0.4, 0.5) is 0 Å². The van der Waals surface area contributed by atoms with E-state index in [1.165, 1.54) is 11.1 Å². The molecule has 6 nitrogen and oxygen atoms in total. The number of rotatable bonds is 7. The molecule has 2 aliphatic rings. The average Bonchev–Trinajstić information content (AvgIpc) is 2.91. The van der Waals surface area contributed by atoms with E-state index >= 15 is 0 Å². The van der Waals surface area contributed by atoms with Gasteiger partial charge < -0.3 is 19.9 Å². The van der Waals surface area contributed by atoms with Gasteiger partial charge in [-0.05, 0) is 25.6 Å². The fourth-order valence-corrected chi connectivity index (χ4v) is 4.24. The van der Waals surface area contributed by atoms with E-state index in [1.807, 2.05) is 18.2 Å². The zero-order chi connectivity index (χ0) is 20.9. The fraction of sp³-hybridized carbons (Fsp3) is 0.500. The smallest absolute Gasteiger partial charge is 0.165 e. The Kier molecular flexibility index (Phi) is 6.89. The molecule has 30 heavy (non-hydrogen) atoms. The molecule has 2 aromatic carbocycles. The average molecular weight is 412 g/mol. The Hall–Kier alpha value is -2.12. The molecule has 2 aromatic rings. The third kappa shape index (κ3) is 5.13. The number of hydrogen-bond donors (Lipinski definition) is 2. The van der Waals surface area contributed by atoms with Crippen molar-refractivity contribution in [1.29, 1.82) is 0 Å². The lowest BCUT2D eigenvalue weighted by molar-refractivity contribution is -0.0260. The second kappa shape index (κ2) is 9.79. The molecule has 2 N–H and O–H groups in total. The second-order valence-electron chi connectivity index (χ2n) is 8.29. The lowest BCUT2D eigenvalue weighted by Crippen LogP contribution is -2.51. The highest BCUT2D eigenvalue weighted by Gasteiger charge is 2.30. The van der Waals surface area contributed by atoms with Gasteiger partial charge in [0.25, 0.3) is 0 Å². The summed E-state index contributed by atoms with van der Waals surface area (Å²) in [5, 5.41) is 12.9. The van der Waals surface area contributed by atoms with Gasteiger partial charge in [0.15, 0.2) is 6.23 Å². The maximum atomic E-state index is 9.56. The summed E-state index contributed by atoms with van der Waals surface area (Å²) in [6, 6.07) is 16.6. The third-order valence-electron chi connectivity index (χ3n) is 5.77. The van der Waals surface area contributed by atoms with E-state index in [0.29, 0.717) is 13.1 Å². The molecule has 2 unspecified atom stereocenters. The van der Waals surface area contributed by atoms with Crippen molar-refractivity contribution in [2.45, 2.75) is 45.4 Å². The van der Waals surface area contributed by atoms with Crippen molar-refractivity contribution in [2.24, 2.45) is 0 Å². The van der Waals surface area contributed by atoms with Crippen LogP contribution in [0, 0.1) is 0 Å². The Labute approximate surface area is 179 Å². The van der Waals surface area contributed by atoms with Gasteiger partial charge in [-0.25, -0.2) is 0 Å². The van der Waals surface area contributed by atoms with Gasteiger partial charge in [0, 0.05) is 50.4 Å². The van der Waals surface area contributed by atoms with Crippen molar-refractivity contribution in [1.82, 2.24) is 15.1 Å². The molecular formula is C24H33N3O3. The highest BCUT2D eigenvalue weighted by Crippen LogP contribution is 2.29. The van der Waals surface area contributed by atoms with Crippen LogP contribution in [0.25, 0.3) is 0 Å². The number of benzene rings is 2. The number of nitrogens with one attached hydrogen (secondary N) is 1. The molecular weight excluding hydrogens is 378 g/mol. The zero-order valence-corrected chi connectivity index (χ0v) is 18.0. The third-order valence-corrected chi connectivity index (χ3v) is 5.77. The van der Waals surface area contributed by atoms with Crippen molar-refractivity contribution in [2.75, 3.05) is 32.7 Å². The summed E-state index contributed by atoms with van der Waals surface area (Å²) in [5.41, 5.74) is 2.45. The van der Waals surface area contributed by atoms with Crippen molar-refractivity contribution in [3.63, 3.8) is 0 Å². The van der Waals surface area contributed by atoms with Crippen LogP contribution < -0.4 is 14.8 Å². The van der Waals surface area contributed by atoms with E-state index in [-0.39, 0.29) is 18.4 Å². The quantitative estimate of drug-likeness (QED) is 0.730. The summed E-state index contributed by atoms with van der Waals surface area (Å²) in [6.07, 6.45) is -0.340. The number of likely N-dealkylation sites (N-methyl/N-ethyl adjacent to an activating group) is 1. The Morgan fingerprint density at radius 3 is 2.40 bits per heavy atom. The molecule has 6 heteroatoms. The van der Waals surface area contributed by atoms with Crippen molar-refractivity contribution in [3.05, 3.63) is 59.7 Å². The number of para-hydroxylation sites is 2. The maximum Gasteiger partial charge on any atom is 0.165 e. The number of aliphatic hydroxyl groups excluding tert-OH is 1. The first-order chi connectivity index (χ1) is 14.6. The minimum atomic E-state index is -0.368. The first-order valence-electron chi connectivity index (χ1n) is 11.0. The highest BCUT2D eigenvalue weighted by molar-refractivity contribution is 5.35. The number of nitrogens with zero attached hydrogens (tertiary/aromatic N) is 2. The number of hydrogen-bond acceptors (Lipinski definition) is 6. The van der Waals surface area contributed by atoms with Crippen LogP contribution in [0.3, 0.4) is 0 Å². The van der Waals surface area contributed by atoms with Crippen molar-refractivity contribution < 1.29 is 14.6 Å². The van der Waals surface area contributed by atoms with E-state index in [9.17, 15) is 5.11 Å². The summed E-state index contributed by atoms with van der Waals surface area (Å²) in [7, 11) is 0. The van der Waals surface area contributed by atoms with Crippen LogP contribution in [-0.4, -0.2) is 66.1 Å². The molecule has 3 atom stereocenters. The van der Waals surface area contributed by atoms with Gasteiger partial charge in [-0.3, -0.25) is 9.80 Å². The molecule has 0 aliphatic carbocycles. The van der Waals surface area contributed by atoms with Gasteiger partial charge in [-0.1, -0.05) is 43.3 Å². The molecule has 0 spiro atoms. The van der Waals surface area contributed by atoms with Crippen LogP contribution in [0.15, 0.2) is 48.5 Å². The summed E-state index contributed by atoms with van der Waals surface area (Å²) in [5.74, 6) is 1.94. The minimum Gasteiger partial charge on any atom is -0.487 e. The topological polar surface area (TPSA) is 57.2 Å². The largest absolute Gasteiger partial charge is 0.487 e. The van der Waals surface area contributed by atoms with Crippen LogP contribution >= 0.6 is 0 Å². The van der Waals surface area contributed by atoms with Gasteiger partial charge in [-0.2, -0.15) is 0 Å². The first kappa shape index (κ1) is 21.1. The summed E-state index contributed by atoms with van der Waals surface area (Å²) in [4.78, 5) is 4.82. The summed E-state index contributed by atoms with van der Waals surface area (Å²) in [6.45, 7) is 9.55. The molecule has 0 aromatic heterocycles. The van der Waals surface area contributed by atoms with Crippen molar-refractivity contribution >= 4 is 0 Å². The number of ether oxygens (including phenoxy) is 2.